The molecule has 10 rings (SSSR count). The van der Waals surface area contributed by atoms with Gasteiger partial charge in [0.2, 0.25) is 0 Å². The molecule has 3 nitrogen and oxygen atoms in total. The van der Waals surface area contributed by atoms with Crippen molar-refractivity contribution in [3.63, 3.8) is 0 Å². The van der Waals surface area contributed by atoms with Crippen LogP contribution >= 0.6 is 0 Å². The molecule has 0 spiro atoms. The number of pyridine rings is 1. The molecule has 0 amide bonds. The molecule has 250 valence electrons. The van der Waals surface area contributed by atoms with E-state index in [1.807, 2.05) is 30.5 Å². The van der Waals surface area contributed by atoms with Gasteiger partial charge in [0.15, 0.2) is 5.82 Å². The lowest BCUT2D eigenvalue weighted by Gasteiger charge is -2.22. The predicted molar refractivity (Wildman–Crippen MR) is 220 cm³/mol. The Morgan fingerprint density at radius 2 is 1.02 bits per heavy atom. The smallest absolute Gasteiger partial charge is 0.160 e. The molecule has 0 N–H and O–H groups in total. The highest BCUT2D eigenvalue weighted by atomic mass is 14.9. The molecule has 0 saturated carbocycles. The maximum atomic E-state index is 5.32. The van der Waals surface area contributed by atoms with Gasteiger partial charge >= 0.3 is 0 Å². The lowest BCUT2D eigenvalue weighted by molar-refractivity contribution is 0.661. The van der Waals surface area contributed by atoms with E-state index < -0.39 is 0 Å². The summed E-state index contributed by atoms with van der Waals surface area (Å²) in [6, 6.07) is 60.6. The van der Waals surface area contributed by atoms with Gasteiger partial charge in [-0.1, -0.05) is 147 Å². The lowest BCUT2D eigenvalue weighted by Crippen LogP contribution is -2.14. The largest absolute Gasteiger partial charge is 0.256 e. The van der Waals surface area contributed by atoms with E-state index >= 15 is 0 Å². The summed E-state index contributed by atoms with van der Waals surface area (Å²) in [7, 11) is 0. The normalized spacial score (nSPS) is 12.9. The second-order valence-corrected chi connectivity index (χ2v) is 14.4. The lowest BCUT2D eigenvalue weighted by atomic mass is 9.81. The highest BCUT2D eigenvalue weighted by molar-refractivity contribution is 6.01. The molecule has 7 aromatic carbocycles. The summed E-state index contributed by atoms with van der Waals surface area (Å²) in [5.74, 6) is 0.696. The Labute approximate surface area is 309 Å². The Balaban J connectivity index is 1.19. The Kier molecular flexibility index (Phi) is 7.16. The summed E-state index contributed by atoms with van der Waals surface area (Å²) < 4.78 is 0. The molecule has 1 aliphatic rings. The van der Waals surface area contributed by atoms with E-state index in [0.29, 0.717) is 5.82 Å². The second-order valence-electron chi connectivity index (χ2n) is 14.4. The number of aromatic nitrogens is 3. The first kappa shape index (κ1) is 31.1. The van der Waals surface area contributed by atoms with E-state index in [2.05, 4.69) is 164 Å². The Morgan fingerprint density at radius 1 is 0.396 bits per heavy atom. The third-order valence-corrected chi connectivity index (χ3v) is 10.9. The minimum atomic E-state index is -0.134. The number of nitrogens with zero attached hydrogens (tertiary/aromatic N) is 3. The predicted octanol–water partition coefficient (Wildman–Crippen LogP) is 12.8. The first-order chi connectivity index (χ1) is 26.0. The topological polar surface area (TPSA) is 38.7 Å². The zero-order valence-electron chi connectivity index (χ0n) is 29.6. The molecular weight excluding hydrogens is 643 g/mol. The van der Waals surface area contributed by atoms with E-state index in [-0.39, 0.29) is 5.41 Å². The van der Waals surface area contributed by atoms with Gasteiger partial charge in [-0.05, 0) is 91.7 Å². The fourth-order valence-electron chi connectivity index (χ4n) is 8.28. The van der Waals surface area contributed by atoms with Crippen molar-refractivity contribution < 1.29 is 0 Å². The van der Waals surface area contributed by atoms with Crippen LogP contribution in [0.5, 0.6) is 0 Å². The summed E-state index contributed by atoms with van der Waals surface area (Å²) >= 11 is 0. The summed E-state index contributed by atoms with van der Waals surface area (Å²) in [6.45, 7) is 4.71. The van der Waals surface area contributed by atoms with Crippen LogP contribution in [0.2, 0.25) is 0 Å². The van der Waals surface area contributed by atoms with Crippen molar-refractivity contribution in [2.24, 2.45) is 0 Å². The first-order valence-corrected chi connectivity index (χ1v) is 18.2. The van der Waals surface area contributed by atoms with Gasteiger partial charge in [0, 0.05) is 33.7 Å². The average molecular weight is 678 g/mol. The number of hydrogen-bond donors (Lipinski definition) is 0. The van der Waals surface area contributed by atoms with Gasteiger partial charge in [0.05, 0.1) is 16.9 Å². The SMILES string of the molecule is CC1(C)c2cc3ccccc3cc2-c2c(-c3ccccc3-c3cc(-c4ccccc4-c4ccc5ncccc5c4)nc(-c4ccccc4)n3)cccc21. The number of fused-ring (bicyclic) bond motifs is 5. The molecule has 3 heteroatoms. The van der Waals surface area contributed by atoms with Crippen molar-refractivity contribution >= 4 is 21.7 Å². The van der Waals surface area contributed by atoms with Crippen LogP contribution in [0.3, 0.4) is 0 Å². The fourth-order valence-corrected chi connectivity index (χ4v) is 8.28. The molecule has 2 heterocycles. The average Bonchev–Trinajstić information content (AvgIpc) is 3.45. The summed E-state index contributed by atoms with van der Waals surface area (Å²) in [5.41, 5.74) is 15.6. The van der Waals surface area contributed by atoms with Crippen molar-refractivity contribution in [2.75, 3.05) is 0 Å². The Morgan fingerprint density at radius 3 is 1.79 bits per heavy atom. The second kappa shape index (κ2) is 12.2. The van der Waals surface area contributed by atoms with Crippen LogP contribution in [-0.4, -0.2) is 15.0 Å². The van der Waals surface area contributed by atoms with Crippen molar-refractivity contribution in [2.45, 2.75) is 19.3 Å². The highest BCUT2D eigenvalue weighted by Crippen LogP contribution is 2.54. The van der Waals surface area contributed by atoms with E-state index in [0.717, 1.165) is 55.7 Å². The molecular formula is C50H35N3. The summed E-state index contributed by atoms with van der Waals surface area (Å²) in [4.78, 5) is 15.1. The molecule has 0 bridgehead atoms. The maximum absolute atomic E-state index is 5.32. The van der Waals surface area contributed by atoms with E-state index in [4.69, 9.17) is 9.97 Å². The van der Waals surface area contributed by atoms with Gasteiger partial charge in [0.1, 0.15) is 0 Å². The van der Waals surface area contributed by atoms with Gasteiger partial charge in [0.25, 0.3) is 0 Å². The molecule has 0 saturated heterocycles. The summed E-state index contributed by atoms with van der Waals surface area (Å²) in [5, 5.41) is 3.64. The molecule has 2 aromatic heterocycles. The molecule has 0 unspecified atom stereocenters. The Bertz CT molecular complexity index is 2870. The molecule has 0 atom stereocenters. The minimum absolute atomic E-state index is 0.134. The van der Waals surface area contributed by atoms with E-state index in [1.165, 1.54) is 38.6 Å². The van der Waals surface area contributed by atoms with Crippen LogP contribution in [0, 0.1) is 0 Å². The highest BCUT2D eigenvalue weighted by Gasteiger charge is 2.37. The van der Waals surface area contributed by atoms with Crippen molar-refractivity contribution in [3.8, 4) is 67.3 Å². The quantitative estimate of drug-likeness (QED) is 0.182. The van der Waals surface area contributed by atoms with Gasteiger partial charge in [-0.15, -0.1) is 0 Å². The standard InChI is InChI=1S/C50H35N3/c1-50(2)43-24-12-23-41(48(43)42-29-33-16-6-7-17-34(33)30-44(42)50)38-20-9-11-22-40(38)47-31-46(52-49(53-47)32-14-4-3-5-15-32)39-21-10-8-19-37(39)35-25-26-45-36(28-35)18-13-27-51-45/h3-31H,1-2H3. The van der Waals surface area contributed by atoms with Crippen LogP contribution in [0.1, 0.15) is 25.0 Å². The van der Waals surface area contributed by atoms with Crippen LogP contribution in [-0.2, 0) is 5.41 Å². The third kappa shape index (κ3) is 5.16. The zero-order chi connectivity index (χ0) is 35.5. The van der Waals surface area contributed by atoms with Gasteiger partial charge in [-0.25, -0.2) is 9.97 Å². The van der Waals surface area contributed by atoms with Crippen LogP contribution < -0.4 is 0 Å². The summed E-state index contributed by atoms with van der Waals surface area (Å²) in [6.07, 6.45) is 1.84. The van der Waals surface area contributed by atoms with Gasteiger partial charge in [-0.3, -0.25) is 4.98 Å². The van der Waals surface area contributed by atoms with Gasteiger partial charge < -0.3 is 0 Å². The van der Waals surface area contributed by atoms with Crippen LogP contribution in [0.4, 0.5) is 0 Å². The Hall–Kier alpha value is -6.71. The van der Waals surface area contributed by atoms with E-state index in [9.17, 15) is 0 Å². The maximum Gasteiger partial charge on any atom is 0.160 e. The van der Waals surface area contributed by atoms with Crippen molar-refractivity contribution in [3.05, 3.63) is 187 Å². The molecule has 53 heavy (non-hydrogen) atoms. The minimum Gasteiger partial charge on any atom is -0.256 e. The molecule has 0 radical (unpaired) electrons. The first-order valence-electron chi connectivity index (χ1n) is 18.2. The number of rotatable bonds is 5. The number of benzene rings is 7. The molecule has 9 aromatic rings. The van der Waals surface area contributed by atoms with Crippen molar-refractivity contribution in [1.82, 2.24) is 15.0 Å². The van der Waals surface area contributed by atoms with Crippen LogP contribution in [0.15, 0.2) is 176 Å². The fraction of sp³-hybridized carbons (Fsp3) is 0.0600. The third-order valence-electron chi connectivity index (χ3n) is 10.9. The van der Waals surface area contributed by atoms with E-state index in [1.54, 1.807) is 0 Å². The number of hydrogen-bond acceptors (Lipinski definition) is 3. The molecule has 1 aliphatic carbocycles. The molecule has 0 aliphatic heterocycles. The zero-order valence-corrected chi connectivity index (χ0v) is 29.6. The molecule has 0 fully saturated rings. The van der Waals surface area contributed by atoms with Gasteiger partial charge in [-0.2, -0.15) is 0 Å². The monoisotopic (exact) mass is 677 g/mol. The van der Waals surface area contributed by atoms with Crippen molar-refractivity contribution in [1.29, 1.82) is 0 Å². The van der Waals surface area contributed by atoms with Crippen LogP contribution in [0.25, 0.3) is 89.0 Å².